The summed E-state index contributed by atoms with van der Waals surface area (Å²) in [4.78, 5) is 4.17. The van der Waals surface area contributed by atoms with Crippen LogP contribution in [0, 0.1) is 5.41 Å². The number of rotatable bonds is 0. The summed E-state index contributed by atoms with van der Waals surface area (Å²) in [5, 5.41) is 0. The zero-order chi connectivity index (χ0) is 10.6. The molecule has 0 saturated heterocycles. The van der Waals surface area contributed by atoms with E-state index < -0.39 is 0 Å². The Labute approximate surface area is 86.9 Å². The maximum Gasteiger partial charge on any atom is 0.0661 e. The normalized spacial score (nSPS) is 13.1. The number of fused-ring (bicyclic) bond motifs is 1. The Hall–Kier alpha value is -1.11. The fourth-order valence-electron chi connectivity index (χ4n) is 1.07. The third-order valence-corrected chi connectivity index (χ3v) is 1.54. The molecule has 0 aliphatic heterocycles. The molecule has 1 heteroatoms. The highest BCUT2D eigenvalue weighted by atomic mass is 14.7. The van der Waals surface area contributed by atoms with Gasteiger partial charge in [-0.3, -0.25) is 4.98 Å². The van der Waals surface area contributed by atoms with Crippen molar-refractivity contribution in [2.75, 3.05) is 0 Å². The minimum absolute atomic E-state index is 0.500. The summed E-state index contributed by atoms with van der Waals surface area (Å²) < 4.78 is 0. The summed E-state index contributed by atoms with van der Waals surface area (Å²) in [7, 11) is 0. The van der Waals surface area contributed by atoms with Crippen LogP contribution in [0.4, 0.5) is 0 Å². The van der Waals surface area contributed by atoms with E-state index in [9.17, 15) is 0 Å². The molecular weight excluding hydrogens is 170 g/mol. The molecule has 0 atom stereocenters. The van der Waals surface area contributed by atoms with Crippen LogP contribution in [0.1, 0.15) is 39.0 Å². The topological polar surface area (TPSA) is 12.9 Å². The third-order valence-electron chi connectivity index (χ3n) is 1.54. The average molecular weight is 189 g/mol. The fraction of sp³-hybridized carbons (Fsp3) is 0.462. The molecule has 1 aromatic heterocycles. The number of allylic oxidation sites excluding steroid dienone is 1. The van der Waals surface area contributed by atoms with E-state index in [4.69, 9.17) is 0 Å². The summed E-state index contributed by atoms with van der Waals surface area (Å²) >= 11 is 0. The van der Waals surface area contributed by atoms with Gasteiger partial charge in [-0.2, -0.15) is 0 Å². The quantitative estimate of drug-likeness (QED) is 0.606. The summed E-state index contributed by atoms with van der Waals surface area (Å²) in [5.41, 5.74) is 2.98. The SMILES string of the molecule is C1=Cc2ncccc2C1.CC(C)(C)C. The van der Waals surface area contributed by atoms with Gasteiger partial charge in [-0.05, 0) is 29.5 Å². The van der Waals surface area contributed by atoms with Gasteiger partial charge in [0.05, 0.1) is 5.69 Å². The van der Waals surface area contributed by atoms with E-state index in [1.54, 1.807) is 0 Å². The first-order valence-electron chi connectivity index (χ1n) is 5.07. The number of pyridine rings is 1. The molecule has 0 amide bonds. The molecule has 0 radical (unpaired) electrons. The first-order valence-corrected chi connectivity index (χ1v) is 5.07. The second-order valence-electron chi connectivity index (χ2n) is 5.15. The summed E-state index contributed by atoms with van der Waals surface area (Å²) in [5.74, 6) is 0. The van der Waals surface area contributed by atoms with Gasteiger partial charge in [0.1, 0.15) is 0 Å². The van der Waals surface area contributed by atoms with E-state index in [-0.39, 0.29) is 0 Å². The van der Waals surface area contributed by atoms with Crippen molar-refractivity contribution in [3.63, 3.8) is 0 Å². The molecule has 0 unspecified atom stereocenters. The maximum absolute atomic E-state index is 4.17. The molecule has 0 N–H and O–H groups in total. The lowest BCUT2D eigenvalue weighted by atomic mass is 10.0. The minimum Gasteiger partial charge on any atom is -0.257 e. The number of nitrogens with zero attached hydrogens (tertiary/aromatic N) is 1. The fourth-order valence-corrected chi connectivity index (χ4v) is 1.07. The molecule has 14 heavy (non-hydrogen) atoms. The third kappa shape index (κ3) is 4.22. The smallest absolute Gasteiger partial charge is 0.0661 e. The van der Waals surface area contributed by atoms with Crippen molar-refractivity contribution in [1.29, 1.82) is 0 Å². The van der Waals surface area contributed by atoms with Crippen molar-refractivity contribution in [3.05, 3.63) is 35.7 Å². The monoisotopic (exact) mass is 189 g/mol. The van der Waals surface area contributed by atoms with Gasteiger partial charge in [0.15, 0.2) is 0 Å². The standard InChI is InChI=1S/C8H7N.C5H12/c1-3-7-4-2-6-9-8(7)5-1;1-5(2,3)4/h1-2,4-6H,3H2;1-4H3. The minimum atomic E-state index is 0.500. The largest absolute Gasteiger partial charge is 0.257 e. The first-order chi connectivity index (χ1) is 6.47. The van der Waals surface area contributed by atoms with Crippen LogP contribution < -0.4 is 0 Å². The molecule has 1 heterocycles. The van der Waals surface area contributed by atoms with Crippen LogP contribution in [-0.4, -0.2) is 4.98 Å². The molecule has 0 fully saturated rings. The molecule has 76 valence electrons. The van der Waals surface area contributed by atoms with Crippen LogP contribution in [0.3, 0.4) is 0 Å². The summed E-state index contributed by atoms with van der Waals surface area (Å²) in [6.45, 7) is 8.75. The number of hydrogen-bond donors (Lipinski definition) is 0. The van der Waals surface area contributed by atoms with E-state index in [0.29, 0.717) is 5.41 Å². The Balaban J connectivity index is 0.000000171. The van der Waals surface area contributed by atoms with Gasteiger partial charge < -0.3 is 0 Å². The van der Waals surface area contributed by atoms with Crippen LogP contribution in [0.2, 0.25) is 0 Å². The lowest BCUT2D eigenvalue weighted by Gasteiger charge is -2.05. The zero-order valence-electron chi connectivity index (χ0n) is 9.54. The maximum atomic E-state index is 4.17. The second-order valence-corrected chi connectivity index (χ2v) is 5.15. The second kappa shape index (κ2) is 4.41. The lowest BCUT2D eigenvalue weighted by Crippen LogP contribution is -1.93. The summed E-state index contributed by atoms with van der Waals surface area (Å²) in [6.07, 6.45) is 7.09. The van der Waals surface area contributed by atoms with Crippen molar-refractivity contribution in [1.82, 2.24) is 4.98 Å². The van der Waals surface area contributed by atoms with Crippen LogP contribution in [0.5, 0.6) is 0 Å². The van der Waals surface area contributed by atoms with E-state index >= 15 is 0 Å². The molecule has 0 saturated carbocycles. The molecule has 0 aromatic carbocycles. The Bertz CT molecular complexity index is 312. The Kier molecular flexibility index (Phi) is 3.45. The van der Waals surface area contributed by atoms with Crippen LogP contribution in [-0.2, 0) is 6.42 Å². The average Bonchev–Trinajstić information content (AvgIpc) is 2.47. The Morgan fingerprint density at radius 3 is 2.43 bits per heavy atom. The Morgan fingerprint density at radius 1 is 1.21 bits per heavy atom. The van der Waals surface area contributed by atoms with Gasteiger partial charge in [-0.1, -0.05) is 39.8 Å². The molecule has 0 bridgehead atoms. The zero-order valence-corrected chi connectivity index (χ0v) is 9.54. The van der Waals surface area contributed by atoms with Gasteiger partial charge in [0.25, 0.3) is 0 Å². The summed E-state index contributed by atoms with van der Waals surface area (Å²) in [6, 6.07) is 4.09. The Morgan fingerprint density at radius 2 is 1.86 bits per heavy atom. The molecular formula is C13H19N. The predicted octanol–water partition coefficient (Wildman–Crippen LogP) is 3.70. The highest BCUT2D eigenvalue weighted by Gasteiger charge is 2.02. The molecule has 0 spiro atoms. The molecule has 1 aromatic rings. The van der Waals surface area contributed by atoms with Crippen molar-refractivity contribution < 1.29 is 0 Å². The van der Waals surface area contributed by atoms with E-state index in [1.165, 1.54) is 5.56 Å². The van der Waals surface area contributed by atoms with Crippen molar-refractivity contribution >= 4 is 6.08 Å². The van der Waals surface area contributed by atoms with Gasteiger partial charge in [0.2, 0.25) is 0 Å². The number of aromatic nitrogens is 1. The number of hydrogen-bond acceptors (Lipinski definition) is 1. The van der Waals surface area contributed by atoms with Crippen molar-refractivity contribution in [2.45, 2.75) is 34.1 Å². The van der Waals surface area contributed by atoms with Crippen molar-refractivity contribution in [2.24, 2.45) is 5.41 Å². The van der Waals surface area contributed by atoms with E-state index in [0.717, 1.165) is 12.1 Å². The van der Waals surface area contributed by atoms with E-state index in [2.05, 4.69) is 50.9 Å². The lowest BCUT2D eigenvalue weighted by molar-refractivity contribution is 0.469. The van der Waals surface area contributed by atoms with Crippen molar-refractivity contribution in [3.8, 4) is 0 Å². The first kappa shape index (κ1) is 11.0. The van der Waals surface area contributed by atoms with Crippen LogP contribution in [0.15, 0.2) is 24.4 Å². The van der Waals surface area contributed by atoms with E-state index in [1.807, 2.05) is 12.3 Å². The molecule has 1 aliphatic rings. The van der Waals surface area contributed by atoms with Gasteiger partial charge >= 0.3 is 0 Å². The molecule has 2 rings (SSSR count). The van der Waals surface area contributed by atoms with Gasteiger partial charge in [0, 0.05) is 6.20 Å². The van der Waals surface area contributed by atoms with Crippen LogP contribution in [0.25, 0.3) is 6.08 Å². The highest BCUT2D eigenvalue weighted by Crippen LogP contribution is 2.14. The van der Waals surface area contributed by atoms with Gasteiger partial charge in [-0.25, -0.2) is 0 Å². The predicted molar refractivity (Wildman–Crippen MR) is 62.1 cm³/mol. The highest BCUT2D eigenvalue weighted by molar-refractivity contribution is 5.55. The van der Waals surface area contributed by atoms with Crippen LogP contribution >= 0.6 is 0 Å². The molecule has 1 nitrogen and oxygen atoms in total. The van der Waals surface area contributed by atoms with Gasteiger partial charge in [-0.15, -0.1) is 0 Å². The molecule has 1 aliphatic carbocycles.